The van der Waals surface area contributed by atoms with Gasteiger partial charge in [0.2, 0.25) is 5.91 Å². The molecule has 0 aliphatic carbocycles. The van der Waals surface area contributed by atoms with Gasteiger partial charge in [-0.3, -0.25) is 19.4 Å². The van der Waals surface area contributed by atoms with Crippen molar-refractivity contribution in [3.05, 3.63) is 60.7 Å². The van der Waals surface area contributed by atoms with Gasteiger partial charge >= 0.3 is 0 Å². The molecule has 4 heterocycles. The predicted octanol–water partition coefficient (Wildman–Crippen LogP) is 2.87. The Morgan fingerprint density at radius 2 is 1.89 bits per heavy atom. The highest BCUT2D eigenvalue weighted by Gasteiger charge is 2.40. The van der Waals surface area contributed by atoms with Crippen LogP contribution in [0, 0.1) is 5.41 Å². The maximum Gasteiger partial charge on any atom is 0.222 e. The number of likely N-dealkylation sites (tertiary alicyclic amines) is 2. The molecule has 2 aliphatic rings. The largest absolute Gasteiger partial charge is 0.338 e. The molecule has 2 aromatic rings. The van der Waals surface area contributed by atoms with Crippen molar-refractivity contribution < 1.29 is 4.79 Å². The van der Waals surface area contributed by atoms with Gasteiger partial charge in [-0.2, -0.15) is 5.10 Å². The lowest BCUT2D eigenvalue weighted by atomic mass is 9.72. The maximum atomic E-state index is 12.5. The Morgan fingerprint density at radius 1 is 1.11 bits per heavy atom. The zero-order chi connectivity index (χ0) is 19.4. The summed E-state index contributed by atoms with van der Waals surface area (Å²) in [5, 5.41) is 4.38. The molecule has 28 heavy (non-hydrogen) atoms. The van der Waals surface area contributed by atoms with Crippen molar-refractivity contribution in [2.75, 3.05) is 19.6 Å². The third-order valence-corrected chi connectivity index (χ3v) is 6.20. The number of rotatable bonds is 6. The van der Waals surface area contributed by atoms with Crippen molar-refractivity contribution in [1.82, 2.24) is 24.6 Å². The van der Waals surface area contributed by atoms with Gasteiger partial charge in [0.25, 0.3) is 0 Å². The van der Waals surface area contributed by atoms with Crippen molar-refractivity contribution in [3.8, 4) is 0 Å². The normalized spacial score (nSPS) is 19.9. The van der Waals surface area contributed by atoms with E-state index in [9.17, 15) is 4.79 Å². The standard InChI is InChI=1S/C22H29N5O/c1-2-11-27-17-20(14-24-27)15-25-12-7-22(8-13-25)6-3-21(28)26(18-22)16-19-4-9-23-10-5-19/h2,4-5,9-10,14,17H,1,3,6-8,11-13,15-16,18H2. The summed E-state index contributed by atoms with van der Waals surface area (Å²) in [4.78, 5) is 21.1. The van der Waals surface area contributed by atoms with Crippen LogP contribution in [0.15, 0.2) is 49.6 Å². The van der Waals surface area contributed by atoms with Gasteiger partial charge in [0.15, 0.2) is 0 Å². The van der Waals surface area contributed by atoms with Gasteiger partial charge in [0, 0.05) is 50.2 Å². The molecule has 0 radical (unpaired) electrons. The second-order valence-corrected chi connectivity index (χ2v) is 8.24. The van der Waals surface area contributed by atoms with Gasteiger partial charge in [0.1, 0.15) is 0 Å². The van der Waals surface area contributed by atoms with E-state index >= 15 is 0 Å². The summed E-state index contributed by atoms with van der Waals surface area (Å²) in [6.45, 7) is 9.24. The molecule has 1 spiro atoms. The summed E-state index contributed by atoms with van der Waals surface area (Å²) in [6, 6.07) is 4.01. The van der Waals surface area contributed by atoms with Crippen LogP contribution in [0.4, 0.5) is 0 Å². The third-order valence-electron chi connectivity index (χ3n) is 6.20. The van der Waals surface area contributed by atoms with Crippen LogP contribution in [0.25, 0.3) is 0 Å². The molecule has 6 nitrogen and oxygen atoms in total. The number of hydrogen-bond acceptors (Lipinski definition) is 4. The van der Waals surface area contributed by atoms with E-state index in [1.807, 2.05) is 29.1 Å². The molecule has 0 bridgehead atoms. The number of nitrogens with zero attached hydrogens (tertiary/aromatic N) is 5. The molecule has 0 saturated carbocycles. The number of allylic oxidation sites excluding steroid dienone is 1. The minimum atomic E-state index is 0.282. The van der Waals surface area contributed by atoms with Crippen LogP contribution in [0.1, 0.15) is 36.8 Å². The smallest absolute Gasteiger partial charge is 0.222 e. The zero-order valence-electron chi connectivity index (χ0n) is 16.5. The number of aromatic nitrogens is 3. The number of pyridine rings is 1. The molecular weight excluding hydrogens is 350 g/mol. The Balaban J connectivity index is 1.33. The first-order valence-electron chi connectivity index (χ1n) is 10.2. The van der Waals surface area contributed by atoms with Gasteiger partial charge < -0.3 is 4.90 Å². The lowest BCUT2D eigenvalue weighted by Gasteiger charge is -2.47. The summed E-state index contributed by atoms with van der Waals surface area (Å²) in [6.07, 6.45) is 13.6. The van der Waals surface area contributed by atoms with E-state index in [2.05, 4.69) is 32.7 Å². The zero-order valence-corrected chi connectivity index (χ0v) is 16.5. The van der Waals surface area contributed by atoms with Gasteiger partial charge in [-0.1, -0.05) is 6.08 Å². The summed E-state index contributed by atoms with van der Waals surface area (Å²) >= 11 is 0. The number of carbonyl (C=O) groups is 1. The average molecular weight is 380 g/mol. The molecule has 6 heteroatoms. The minimum absolute atomic E-state index is 0.282. The second kappa shape index (κ2) is 8.27. The van der Waals surface area contributed by atoms with Crippen LogP contribution in [0.3, 0.4) is 0 Å². The molecule has 0 atom stereocenters. The van der Waals surface area contributed by atoms with Crippen LogP contribution in [0.5, 0.6) is 0 Å². The van der Waals surface area contributed by atoms with Gasteiger partial charge in [-0.05, 0) is 55.5 Å². The van der Waals surface area contributed by atoms with Crippen molar-refractivity contribution in [2.45, 2.75) is 45.3 Å². The van der Waals surface area contributed by atoms with Crippen LogP contribution in [-0.4, -0.2) is 50.1 Å². The predicted molar refractivity (Wildman–Crippen MR) is 108 cm³/mol. The summed E-state index contributed by atoms with van der Waals surface area (Å²) < 4.78 is 1.93. The Kier molecular flexibility index (Phi) is 5.57. The van der Waals surface area contributed by atoms with Gasteiger partial charge in [-0.25, -0.2) is 0 Å². The SMILES string of the molecule is C=CCn1cc(CN2CCC3(CCC(=O)N(Cc4ccncc4)C3)CC2)cn1. The minimum Gasteiger partial charge on any atom is -0.338 e. The lowest BCUT2D eigenvalue weighted by Crippen LogP contribution is -2.51. The number of carbonyl (C=O) groups excluding carboxylic acids is 1. The second-order valence-electron chi connectivity index (χ2n) is 8.24. The average Bonchev–Trinajstić information content (AvgIpc) is 3.15. The molecule has 2 fully saturated rings. The quantitative estimate of drug-likeness (QED) is 0.724. The van der Waals surface area contributed by atoms with E-state index in [0.29, 0.717) is 18.9 Å². The molecule has 2 aromatic heterocycles. The lowest BCUT2D eigenvalue weighted by molar-refractivity contribution is -0.140. The molecule has 1 amide bonds. The molecule has 0 N–H and O–H groups in total. The van der Waals surface area contributed by atoms with Crippen LogP contribution in [-0.2, 0) is 24.4 Å². The first-order valence-corrected chi connectivity index (χ1v) is 10.2. The van der Waals surface area contributed by atoms with Crippen molar-refractivity contribution in [3.63, 3.8) is 0 Å². The first-order chi connectivity index (χ1) is 13.7. The monoisotopic (exact) mass is 379 g/mol. The van der Waals surface area contributed by atoms with Crippen LogP contribution < -0.4 is 0 Å². The molecule has 0 aromatic carbocycles. The van der Waals surface area contributed by atoms with E-state index in [0.717, 1.165) is 57.5 Å². The van der Waals surface area contributed by atoms with Gasteiger partial charge in [-0.15, -0.1) is 6.58 Å². The van der Waals surface area contributed by atoms with E-state index < -0.39 is 0 Å². The highest BCUT2D eigenvalue weighted by atomic mass is 16.2. The molecular formula is C22H29N5O. The fourth-order valence-electron chi connectivity index (χ4n) is 4.53. The van der Waals surface area contributed by atoms with Crippen molar-refractivity contribution in [2.24, 2.45) is 5.41 Å². The van der Waals surface area contributed by atoms with Crippen molar-refractivity contribution in [1.29, 1.82) is 0 Å². The van der Waals surface area contributed by atoms with Crippen LogP contribution in [0.2, 0.25) is 0 Å². The Hall–Kier alpha value is -2.47. The third kappa shape index (κ3) is 4.33. The highest BCUT2D eigenvalue weighted by molar-refractivity contribution is 5.77. The van der Waals surface area contributed by atoms with E-state index in [-0.39, 0.29) is 5.41 Å². The fourth-order valence-corrected chi connectivity index (χ4v) is 4.53. The van der Waals surface area contributed by atoms with Crippen molar-refractivity contribution >= 4 is 5.91 Å². The highest BCUT2D eigenvalue weighted by Crippen LogP contribution is 2.40. The molecule has 2 saturated heterocycles. The fraction of sp³-hybridized carbons (Fsp3) is 0.500. The van der Waals surface area contributed by atoms with E-state index in [4.69, 9.17) is 0 Å². The Bertz CT molecular complexity index is 807. The molecule has 148 valence electrons. The molecule has 0 unspecified atom stereocenters. The Labute approximate surface area is 166 Å². The number of amides is 1. The van der Waals surface area contributed by atoms with Gasteiger partial charge in [0.05, 0.1) is 12.7 Å². The first kappa shape index (κ1) is 18.9. The van der Waals surface area contributed by atoms with E-state index in [1.54, 1.807) is 12.4 Å². The number of piperidine rings is 2. The summed E-state index contributed by atoms with van der Waals surface area (Å²) in [5.41, 5.74) is 2.70. The number of hydrogen-bond donors (Lipinski definition) is 0. The Morgan fingerprint density at radius 3 is 2.64 bits per heavy atom. The van der Waals surface area contributed by atoms with Crippen LogP contribution >= 0.6 is 0 Å². The topological polar surface area (TPSA) is 54.3 Å². The molecule has 4 rings (SSSR count). The molecule has 2 aliphatic heterocycles. The maximum absolute atomic E-state index is 12.5. The van der Waals surface area contributed by atoms with E-state index in [1.165, 1.54) is 5.56 Å². The summed E-state index contributed by atoms with van der Waals surface area (Å²) in [7, 11) is 0. The summed E-state index contributed by atoms with van der Waals surface area (Å²) in [5.74, 6) is 0.291.